The molecule has 2 aliphatic rings. The van der Waals surface area contributed by atoms with Crippen LogP contribution in [0.25, 0.3) is 0 Å². The number of para-hydroxylation sites is 1. The van der Waals surface area contributed by atoms with E-state index in [0.29, 0.717) is 22.6 Å². The second-order valence-electron chi connectivity index (χ2n) is 8.39. The minimum atomic E-state index is -1.63. The Morgan fingerprint density at radius 1 is 0.903 bits per heavy atom. The number of ketones is 1. The van der Waals surface area contributed by atoms with Crippen molar-refractivity contribution in [3.05, 3.63) is 95.6 Å². The van der Waals surface area contributed by atoms with Gasteiger partial charge in [0.1, 0.15) is 5.75 Å². The highest BCUT2D eigenvalue weighted by atomic mass is 16.5. The average molecular weight is 411 g/mol. The van der Waals surface area contributed by atoms with Crippen LogP contribution in [0.2, 0.25) is 0 Å². The first-order valence-corrected chi connectivity index (χ1v) is 10.2. The van der Waals surface area contributed by atoms with Crippen LogP contribution in [0.3, 0.4) is 0 Å². The number of anilines is 1. The second-order valence-corrected chi connectivity index (χ2v) is 8.39. The molecule has 3 aromatic rings. The Hall–Kier alpha value is -3.73. The SMILES string of the molecule is Cc1ccc(NC(=O)[C@@]23C(=O)Oc4ccccc4[C@H]2[C@@]3(C)C(=O)c2ccccc2)cc1. The van der Waals surface area contributed by atoms with Crippen molar-refractivity contribution in [3.8, 4) is 5.75 Å². The van der Waals surface area contributed by atoms with E-state index in [9.17, 15) is 14.4 Å². The van der Waals surface area contributed by atoms with Crippen LogP contribution in [0, 0.1) is 17.8 Å². The normalized spacial score (nSPS) is 25.6. The van der Waals surface area contributed by atoms with E-state index in [4.69, 9.17) is 4.74 Å². The minimum absolute atomic E-state index is 0.245. The molecule has 154 valence electrons. The standard InChI is InChI=1S/C26H21NO4/c1-16-12-14-18(15-13-16)27-23(29)26-21(19-10-6-7-11-20(19)31-24(26)30)25(26,2)22(28)17-8-4-3-5-9-17/h3-15,21H,1-2H3,(H,27,29)/t21-,25-,26+/m0/s1. The van der Waals surface area contributed by atoms with Gasteiger partial charge in [0.25, 0.3) is 0 Å². The first kappa shape index (κ1) is 19.2. The van der Waals surface area contributed by atoms with Crippen molar-refractivity contribution in [2.45, 2.75) is 19.8 Å². The third-order valence-electron chi connectivity index (χ3n) is 6.68. The molecule has 1 heterocycles. The number of nitrogens with one attached hydrogen (secondary N) is 1. The van der Waals surface area contributed by atoms with Gasteiger partial charge in [-0.15, -0.1) is 0 Å². The zero-order valence-electron chi connectivity index (χ0n) is 17.2. The van der Waals surface area contributed by atoms with Crippen LogP contribution in [0.1, 0.15) is 34.3 Å². The number of Topliss-reactive ketones (excluding diaryl/α,β-unsaturated/α-hetero) is 1. The van der Waals surface area contributed by atoms with Crippen molar-refractivity contribution in [2.75, 3.05) is 5.32 Å². The van der Waals surface area contributed by atoms with Gasteiger partial charge in [-0.3, -0.25) is 14.4 Å². The molecule has 0 aromatic heterocycles. The average Bonchev–Trinajstić information content (AvgIpc) is 3.39. The van der Waals surface area contributed by atoms with Gasteiger partial charge < -0.3 is 10.1 Å². The van der Waals surface area contributed by atoms with Crippen LogP contribution in [-0.2, 0) is 9.59 Å². The number of carbonyl (C=O) groups excluding carboxylic acids is 3. The van der Waals surface area contributed by atoms with Crippen molar-refractivity contribution in [1.82, 2.24) is 0 Å². The maximum atomic E-state index is 13.7. The lowest BCUT2D eigenvalue weighted by Crippen LogP contribution is -2.42. The van der Waals surface area contributed by atoms with E-state index in [1.54, 1.807) is 55.5 Å². The molecule has 5 rings (SSSR count). The molecule has 1 saturated carbocycles. The molecule has 1 aliphatic carbocycles. The summed E-state index contributed by atoms with van der Waals surface area (Å²) in [6, 6.07) is 23.2. The Balaban J connectivity index is 1.63. The van der Waals surface area contributed by atoms with E-state index >= 15 is 0 Å². The van der Waals surface area contributed by atoms with Gasteiger partial charge in [0.15, 0.2) is 11.2 Å². The molecule has 0 unspecified atom stereocenters. The summed E-state index contributed by atoms with van der Waals surface area (Å²) in [7, 11) is 0. The Kier molecular flexibility index (Phi) is 4.12. The number of carbonyl (C=O) groups is 3. The quantitative estimate of drug-likeness (QED) is 0.296. The zero-order chi connectivity index (χ0) is 21.8. The highest BCUT2D eigenvalue weighted by molar-refractivity contribution is 6.23. The number of fused-ring (bicyclic) bond motifs is 3. The fourth-order valence-electron chi connectivity index (χ4n) is 5.01. The molecular formula is C26H21NO4. The number of aryl methyl sites for hydroxylation is 1. The van der Waals surface area contributed by atoms with Gasteiger partial charge in [-0.1, -0.05) is 66.2 Å². The van der Waals surface area contributed by atoms with Gasteiger partial charge in [-0.05, 0) is 32.0 Å². The van der Waals surface area contributed by atoms with E-state index in [-0.39, 0.29) is 5.78 Å². The lowest BCUT2D eigenvalue weighted by molar-refractivity contribution is -0.147. The van der Waals surface area contributed by atoms with Gasteiger partial charge in [0.05, 0.1) is 5.41 Å². The minimum Gasteiger partial charge on any atom is -0.425 e. The smallest absolute Gasteiger partial charge is 0.328 e. The number of amides is 1. The third-order valence-corrected chi connectivity index (χ3v) is 6.68. The highest BCUT2D eigenvalue weighted by Crippen LogP contribution is 2.78. The highest BCUT2D eigenvalue weighted by Gasteiger charge is 2.88. The summed E-state index contributed by atoms with van der Waals surface area (Å²) in [5.74, 6) is -1.65. The molecule has 0 saturated heterocycles. The van der Waals surface area contributed by atoms with E-state index in [1.165, 1.54) is 0 Å². The summed E-state index contributed by atoms with van der Waals surface area (Å²) in [6.07, 6.45) is 0. The van der Waals surface area contributed by atoms with Gasteiger partial charge in [-0.2, -0.15) is 0 Å². The van der Waals surface area contributed by atoms with Gasteiger partial charge >= 0.3 is 5.97 Å². The van der Waals surface area contributed by atoms with Crippen LogP contribution >= 0.6 is 0 Å². The van der Waals surface area contributed by atoms with Crippen molar-refractivity contribution < 1.29 is 19.1 Å². The number of benzene rings is 3. The number of hydrogen-bond acceptors (Lipinski definition) is 4. The van der Waals surface area contributed by atoms with Crippen molar-refractivity contribution in [3.63, 3.8) is 0 Å². The zero-order valence-corrected chi connectivity index (χ0v) is 17.2. The van der Waals surface area contributed by atoms with E-state index in [2.05, 4.69) is 5.32 Å². The molecular weight excluding hydrogens is 390 g/mol. The number of ether oxygens (including phenoxy) is 1. The summed E-state index contributed by atoms with van der Waals surface area (Å²) < 4.78 is 5.60. The Morgan fingerprint density at radius 3 is 2.26 bits per heavy atom. The lowest BCUT2D eigenvalue weighted by atomic mass is 9.86. The predicted octanol–water partition coefficient (Wildman–Crippen LogP) is 4.53. The summed E-state index contributed by atoms with van der Waals surface area (Å²) in [4.78, 5) is 40.6. The molecule has 31 heavy (non-hydrogen) atoms. The summed E-state index contributed by atoms with van der Waals surface area (Å²) in [6.45, 7) is 3.65. The van der Waals surface area contributed by atoms with Gasteiger partial charge in [-0.25, -0.2) is 0 Å². The fourth-order valence-corrected chi connectivity index (χ4v) is 5.01. The number of rotatable bonds is 4. The molecule has 3 aromatic carbocycles. The molecule has 5 nitrogen and oxygen atoms in total. The predicted molar refractivity (Wildman–Crippen MR) is 116 cm³/mol. The monoisotopic (exact) mass is 411 g/mol. The van der Waals surface area contributed by atoms with Crippen LogP contribution in [0.5, 0.6) is 5.75 Å². The molecule has 5 heteroatoms. The van der Waals surface area contributed by atoms with Crippen molar-refractivity contribution in [1.29, 1.82) is 0 Å². The van der Waals surface area contributed by atoms with Gasteiger partial charge in [0.2, 0.25) is 5.91 Å². The summed E-state index contributed by atoms with van der Waals surface area (Å²) in [5, 5.41) is 2.85. The molecule has 0 bridgehead atoms. The Labute approximate surface area is 180 Å². The fraction of sp³-hybridized carbons (Fsp3) is 0.192. The Bertz CT molecular complexity index is 1220. The van der Waals surface area contributed by atoms with Crippen LogP contribution in [0.4, 0.5) is 5.69 Å². The van der Waals surface area contributed by atoms with Crippen LogP contribution in [0.15, 0.2) is 78.9 Å². The number of hydrogen-bond donors (Lipinski definition) is 1. The van der Waals surface area contributed by atoms with Crippen molar-refractivity contribution >= 4 is 23.3 Å². The van der Waals surface area contributed by atoms with E-state index < -0.39 is 28.6 Å². The van der Waals surface area contributed by atoms with E-state index in [1.807, 2.05) is 37.3 Å². The van der Waals surface area contributed by atoms with E-state index in [0.717, 1.165) is 5.56 Å². The van der Waals surface area contributed by atoms with Crippen LogP contribution < -0.4 is 10.1 Å². The largest absolute Gasteiger partial charge is 0.425 e. The first-order chi connectivity index (χ1) is 14.9. The molecule has 3 atom stereocenters. The summed E-state index contributed by atoms with van der Waals surface area (Å²) >= 11 is 0. The number of esters is 1. The molecule has 1 amide bonds. The van der Waals surface area contributed by atoms with Gasteiger partial charge in [0, 0.05) is 22.7 Å². The summed E-state index contributed by atoms with van der Waals surface area (Å²) in [5.41, 5.74) is -0.0982. The second kappa shape index (κ2) is 6.64. The van der Waals surface area contributed by atoms with Crippen molar-refractivity contribution in [2.24, 2.45) is 10.8 Å². The molecule has 0 radical (unpaired) electrons. The molecule has 1 fully saturated rings. The maximum absolute atomic E-state index is 13.7. The third kappa shape index (κ3) is 2.53. The first-order valence-electron chi connectivity index (χ1n) is 10.2. The maximum Gasteiger partial charge on any atom is 0.328 e. The van der Waals surface area contributed by atoms with Crippen LogP contribution in [-0.4, -0.2) is 17.7 Å². The molecule has 1 aliphatic heterocycles. The molecule has 0 spiro atoms. The molecule has 1 N–H and O–H groups in total. The lowest BCUT2D eigenvalue weighted by Gasteiger charge is -2.23. The Morgan fingerprint density at radius 2 is 1.55 bits per heavy atom. The topological polar surface area (TPSA) is 72.5 Å².